The van der Waals surface area contributed by atoms with Crippen LogP contribution in [-0.4, -0.2) is 18.0 Å². The molecule has 54 valence electrons. The highest BCUT2D eigenvalue weighted by atomic mass is 35.5. The molecule has 0 bridgehead atoms. The number of hydrogen-bond acceptors (Lipinski definition) is 2. The van der Waals surface area contributed by atoms with Crippen LogP contribution in [0.1, 0.15) is 20.3 Å². The minimum atomic E-state index is -0.468. The van der Waals surface area contributed by atoms with Gasteiger partial charge in [0.05, 0.1) is 6.61 Å². The summed E-state index contributed by atoms with van der Waals surface area (Å²) < 4.78 is 4.62. The van der Waals surface area contributed by atoms with Crippen LogP contribution in [0.3, 0.4) is 0 Å². The third-order valence-corrected chi connectivity index (χ3v) is 1.39. The van der Waals surface area contributed by atoms with Crippen LogP contribution >= 0.6 is 11.6 Å². The predicted octanol–water partition coefficient (Wildman–Crippen LogP) is 1.57. The van der Waals surface area contributed by atoms with E-state index in [0.29, 0.717) is 13.0 Å². The van der Waals surface area contributed by atoms with Crippen LogP contribution in [0.2, 0.25) is 0 Å². The Morgan fingerprint density at radius 2 is 2.22 bits per heavy atom. The summed E-state index contributed by atoms with van der Waals surface area (Å²) in [6.07, 6.45) is 0.625. The van der Waals surface area contributed by atoms with Gasteiger partial charge in [0.15, 0.2) is 0 Å². The van der Waals surface area contributed by atoms with E-state index >= 15 is 0 Å². The maximum atomic E-state index is 10.6. The molecule has 0 saturated heterocycles. The Kier molecular flexibility index (Phi) is 4.50. The standard InChI is InChI=1S/C6H11ClO2/c1-3-5(7)6(8)9-4-2/h5H,3-4H2,1-2H3/t5-/m0/s1. The monoisotopic (exact) mass is 150 g/mol. The van der Waals surface area contributed by atoms with Gasteiger partial charge in [0.2, 0.25) is 0 Å². The van der Waals surface area contributed by atoms with Gasteiger partial charge in [0, 0.05) is 0 Å². The molecule has 0 aromatic rings. The largest absolute Gasteiger partial charge is 0.465 e. The first kappa shape index (κ1) is 8.76. The van der Waals surface area contributed by atoms with Crippen LogP contribution in [0.15, 0.2) is 0 Å². The zero-order chi connectivity index (χ0) is 7.28. The van der Waals surface area contributed by atoms with E-state index in [1.165, 1.54) is 0 Å². The molecule has 1 atom stereocenters. The number of carbonyl (C=O) groups is 1. The van der Waals surface area contributed by atoms with Crippen molar-refractivity contribution < 1.29 is 9.53 Å². The van der Waals surface area contributed by atoms with Crippen LogP contribution in [-0.2, 0) is 9.53 Å². The second-order valence-electron chi connectivity index (χ2n) is 1.63. The van der Waals surface area contributed by atoms with E-state index < -0.39 is 5.38 Å². The van der Waals surface area contributed by atoms with Crippen LogP contribution in [0.25, 0.3) is 0 Å². The number of halogens is 1. The van der Waals surface area contributed by atoms with Crippen LogP contribution in [0, 0.1) is 0 Å². The molecule has 0 aliphatic carbocycles. The van der Waals surface area contributed by atoms with Gasteiger partial charge in [0.1, 0.15) is 5.38 Å². The number of hydrogen-bond donors (Lipinski definition) is 0. The van der Waals surface area contributed by atoms with Gasteiger partial charge in [0.25, 0.3) is 0 Å². The number of alkyl halides is 1. The normalized spacial score (nSPS) is 12.8. The summed E-state index contributed by atoms with van der Waals surface area (Å²) in [6.45, 7) is 4.01. The highest BCUT2D eigenvalue weighted by Gasteiger charge is 2.12. The number of esters is 1. The molecule has 0 aromatic carbocycles. The summed E-state index contributed by atoms with van der Waals surface area (Å²) in [4.78, 5) is 10.6. The fraction of sp³-hybridized carbons (Fsp3) is 0.833. The number of carbonyl (C=O) groups excluding carboxylic acids is 1. The Morgan fingerprint density at radius 3 is 2.56 bits per heavy atom. The number of ether oxygens (including phenoxy) is 1. The predicted molar refractivity (Wildman–Crippen MR) is 36.6 cm³/mol. The quantitative estimate of drug-likeness (QED) is 0.451. The summed E-state index contributed by atoms with van der Waals surface area (Å²) in [7, 11) is 0. The van der Waals surface area contributed by atoms with E-state index in [-0.39, 0.29) is 5.97 Å². The molecule has 3 heteroatoms. The first-order chi connectivity index (χ1) is 4.22. The summed E-state index contributed by atoms with van der Waals surface area (Å²) in [5.74, 6) is -0.318. The van der Waals surface area contributed by atoms with Crippen molar-refractivity contribution in [2.75, 3.05) is 6.61 Å². The Bertz CT molecular complexity index is 93.1. The smallest absolute Gasteiger partial charge is 0.324 e. The summed E-state index contributed by atoms with van der Waals surface area (Å²) in [5, 5.41) is -0.468. The molecule has 0 radical (unpaired) electrons. The molecular weight excluding hydrogens is 140 g/mol. The van der Waals surface area contributed by atoms with Crippen LogP contribution in [0.5, 0.6) is 0 Å². The topological polar surface area (TPSA) is 26.3 Å². The lowest BCUT2D eigenvalue weighted by molar-refractivity contribution is -0.142. The zero-order valence-corrected chi connectivity index (χ0v) is 6.44. The molecule has 0 heterocycles. The van der Waals surface area contributed by atoms with E-state index in [4.69, 9.17) is 11.6 Å². The van der Waals surface area contributed by atoms with Gasteiger partial charge in [-0.05, 0) is 13.3 Å². The van der Waals surface area contributed by atoms with Gasteiger partial charge in [-0.25, -0.2) is 0 Å². The fourth-order valence-corrected chi connectivity index (χ4v) is 0.462. The Balaban J connectivity index is 3.46. The molecule has 0 rings (SSSR count). The van der Waals surface area contributed by atoms with Crippen molar-refractivity contribution in [2.45, 2.75) is 25.6 Å². The van der Waals surface area contributed by atoms with E-state index in [1.54, 1.807) is 6.92 Å². The molecule has 0 spiro atoms. The molecule has 0 amide bonds. The van der Waals surface area contributed by atoms with Crippen LogP contribution < -0.4 is 0 Å². The maximum Gasteiger partial charge on any atom is 0.324 e. The lowest BCUT2D eigenvalue weighted by atomic mass is 10.3. The van der Waals surface area contributed by atoms with E-state index in [2.05, 4.69) is 4.74 Å². The van der Waals surface area contributed by atoms with Gasteiger partial charge in [-0.1, -0.05) is 6.92 Å². The molecule has 0 unspecified atom stereocenters. The van der Waals surface area contributed by atoms with E-state index in [9.17, 15) is 4.79 Å². The molecule has 0 N–H and O–H groups in total. The van der Waals surface area contributed by atoms with Gasteiger partial charge >= 0.3 is 5.97 Å². The van der Waals surface area contributed by atoms with Crippen molar-refractivity contribution in [3.8, 4) is 0 Å². The van der Waals surface area contributed by atoms with Gasteiger partial charge < -0.3 is 4.74 Å². The Labute approximate surface area is 60.1 Å². The molecule has 0 aromatic heterocycles. The highest BCUT2D eigenvalue weighted by Crippen LogP contribution is 2.02. The Hall–Kier alpha value is -0.240. The van der Waals surface area contributed by atoms with Gasteiger partial charge in [-0.15, -0.1) is 11.6 Å². The molecule has 0 aliphatic heterocycles. The summed E-state index contributed by atoms with van der Waals surface area (Å²) in [6, 6.07) is 0. The molecule has 9 heavy (non-hydrogen) atoms. The molecule has 2 nitrogen and oxygen atoms in total. The van der Waals surface area contributed by atoms with Crippen LogP contribution in [0.4, 0.5) is 0 Å². The van der Waals surface area contributed by atoms with Crippen molar-refractivity contribution >= 4 is 17.6 Å². The lowest BCUT2D eigenvalue weighted by Gasteiger charge is -2.03. The minimum absolute atomic E-state index is 0.318. The van der Waals surface area contributed by atoms with Crippen molar-refractivity contribution in [3.05, 3.63) is 0 Å². The van der Waals surface area contributed by atoms with Crippen molar-refractivity contribution in [2.24, 2.45) is 0 Å². The molecule has 0 fully saturated rings. The first-order valence-electron chi connectivity index (χ1n) is 3.03. The van der Waals surface area contributed by atoms with Gasteiger partial charge in [-0.3, -0.25) is 4.79 Å². The second kappa shape index (κ2) is 4.62. The van der Waals surface area contributed by atoms with E-state index in [1.807, 2.05) is 6.92 Å². The average Bonchev–Trinajstić information content (AvgIpc) is 1.87. The van der Waals surface area contributed by atoms with E-state index in [0.717, 1.165) is 0 Å². The van der Waals surface area contributed by atoms with Gasteiger partial charge in [-0.2, -0.15) is 0 Å². The van der Waals surface area contributed by atoms with Crippen molar-refractivity contribution in [1.82, 2.24) is 0 Å². The SMILES string of the molecule is CCOC(=O)[C@@H](Cl)CC. The third-order valence-electron chi connectivity index (χ3n) is 0.901. The minimum Gasteiger partial charge on any atom is -0.465 e. The fourth-order valence-electron chi connectivity index (χ4n) is 0.399. The van der Waals surface area contributed by atoms with Crippen molar-refractivity contribution in [3.63, 3.8) is 0 Å². The number of rotatable bonds is 3. The zero-order valence-electron chi connectivity index (χ0n) is 5.69. The molecule has 0 aliphatic rings. The molecular formula is C6H11ClO2. The average molecular weight is 151 g/mol. The third kappa shape index (κ3) is 3.36. The lowest BCUT2D eigenvalue weighted by Crippen LogP contribution is -2.16. The summed E-state index contributed by atoms with van der Waals surface area (Å²) >= 11 is 5.52. The maximum absolute atomic E-state index is 10.6. The summed E-state index contributed by atoms with van der Waals surface area (Å²) in [5.41, 5.74) is 0. The van der Waals surface area contributed by atoms with Crippen molar-refractivity contribution in [1.29, 1.82) is 0 Å². The second-order valence-corrected chi connectivity index (χ2v) is 2.15. The highest BCUT2D eigenvalue weighted by molar-refractivity contribution is 6.29. The Morgan fingerprint density at radius 1 is 1.67 bits per heavy atom. The first-order valence-corrected chi connectivity index (χ1v) is 3.46. The molecule has 0 saturated carbocycles.